The van der Waals surface area contributed by atoms with Crippen molar-refractivity contribution in [2.75, 3.05) is 7.11 Å². The van der Waals surface area contributed by atoms with Crippen molar-refractivity contribution in [1.82, 2.24) is 0 Å². The van der Waals surface area contributed by atoms with Gasteiger partial charge < -0.3 is 9.84 Å². The van der Waals surface area contributed by atoms with Crippen LogP contribution in [0.3, 0.4) is 0 Å². The highest BCUT2D eigenvalue weighted by atomic mass is 16.5. The van der Waals surface area contributed by atoms with Gasteiger partial charge in [-0.2, -0.15) is 0 Å². The molecule has 0 heterocycles. The fourth-order valence-electron chi connectivity index (χ4n) is 1.45. The molecular formula is C13H18O2. The first kappa shape index (κ1) is 11.8. The van der Waals surface area contributed by atoms with Gasteiger partial charge in [0.2, 0.25) is 0 Å². The molecule has 2 heteroatoms. The molecule has 0 aromatic heterocycles. The molecule has 0 radical (unpaired) electrons. The van der Waals surface area contributed by atoms with E-state index in [1.54, 1.807) is 7.11 Å². The number of benzene rings is 1. The quantitative estimate of drug-likeness (QED) is 0.725. The Morgan fingerprint density at radius 2 is 2.07 bits per heavy atom. The third-order valence-electron chi connectivity index (χ3n) is 2.33. The molecule has 0 bridgehead atoms. The van der Waals surface area contributed by atoms with E-state index < -0.39 is 0 Å². The lowest BCUT2D eigenvalue weighted by atomic mass is 10.0. The van der Waals surface area contributed by atoms with Gasteiger partial charge in [-0.3, -0.25) is 0 Å². The first-order valence-electron chi connectivity index (χ1n) is 5.18. The minimum Gasteiger partial charge on any atom is -0.497 e. The van der Waals surface area contributed by atoms with Crippen molar-refractivity contribution >= 4 is 0 Å². The second-order valence-electron chi connectivity index (χ2n) is 3.57. The van der Waals surface area contributed by atoms with Crippen LogP contribution in [0.4, 0.5) is 0 Å². The van der Waals surface area contributed by atoms with Crippen molar-refractivity contribution in [3.8, 4) is 5.75 Å². The highest BCUT2D eigenvalue weighted by Gasteiger charge is 2.04. The van der Waals surface area contributed by atoms with Gasteiger partial charge in [0.25, 0.3) is 0 Å². The number of hydrogen-bond acceptors (Lipinski definition) is 2. The number of ether oxygens (including phenoxy) is 1. The molecular weight excluding hydrogens is 188 g/mol. The highest BCUT2D eigenvalue weighted by Crippen LogP contribution is 2.13. The number of aliphatic hydroxyl groups excluding tert-OH is 1. The van der Waals surface area contributed by atoms with Crippen LogP contribution in [-0.2, 0) is 6.42 Å². The lowest BCUT2D eigenvalue weighted by Crippen LogP contribution is -2.09. The summed E-state index contributed by atoms with van der Waals surface area (Å²) >= 11 is 0. The van der Waals surface area contributed by atoms with Crippen molar-refractivity contribution in [3.63, 3.8) is 0 Å². The minimum absolute atomic E-state index is 0.281. The molecule has 2 nitrogen and oxygen atoms in total. The largest absolute Gasteiger partial charge is 0.497 e. The molecule has 1 rings (SSSR count). The van der Waals surface area contributed by atoms with Gasteiger partial charge in [0, 0.05) is 0 Å². The summed E-state index contributed by atoms with van der Waals surface area (Å²) < 4.78 is 5.06. The predicted molar refractivity (Wildman–Crippen MR) is 62.1 cm³/mol. The lowest BCUT2D eigenvalue weighted by Gasteiger charge is -2.09. The van der Waals surface area contributed by atoms with Crippen LogP contribution in [0.2, 0.25) is 0 Å². The maximum Gasteiger partial charge on any atom is 0.118 e. The number of methoxy groups -OCH3 is 1. The highest BCUT2D eigenvalue weighted by molar-refractivity contribution is 5.27. The minimum atomic E-state index is -0.281. The summed E-state index contributed by atoms with van der Waals surface area (Å²) in [7, 11) is 1.65. The molecule has 1 N–H and O–H groups in total. The van der Waals surface area contributed by atoms with E-state index in [1.165, 1.54) is 0 Å². The van der Waals surface area contributed by atoms with Crippen molar-refractivity contribution in [2.45, 2.75) is 25.4 Å². The molecule has 1 unspecified atom stereocenters. The average molecular weight is 206 g/mol. The van der Waals surface area contributed by atoms with E-state index in [9.17, 15) is 5.11 Å². The van der Waals surface area contributed by atoms with Gasteiger partial charge >= 0.3 is 0 Å². The second-order valence-corrected chi connectivity index (χ2v) is 3.57. The van der Waals surface area contributed by atoms with Crippen LogP contribution >= 0.6 is 0 Å². The summed E-state index contributed by atoms with van der Waals surface area (Å²) in [6.07, 6.45) is 3.87. The van der Waals surface area contributed by atoms with Crippen molar-refractivity contribution in [2.24, 2.45) is 0 Å². The van der Waals surface area contributed by atoms with Crippen LogP contribution in [0, 0.1) is 0 Å². The number of aliphatic hydroxyl groups is 1. The van der Waals surface area contributed by atoms with E-state index in [1.807, 2.05) is 30.3 Å². The van der Waals surface area contributed by atoms with Gasteiger partial charge in [-0.25, -0.2) is 0 Å². The molecule has 15 heavy (non-hydrogen) atoms. The molecule has 82 valence electrons. The zero-order chi connectivity index (χ0) is 11.1. The SMILES string of the molecule is C=CCCC(O)Cc1ccc(OC)cc1. The molecule has 1 aromatic rings. The second kappa shape index (κ2) is 6.25. The number of rotatable bonds is 6. The predicted octanol–water partition coefficient (Wildman–Crippen LogP) is 2.56. The van der Waals surface area contributed by atoms with Crippen molar-refractivity contribution in [3.05, 3.63) is 42.5 Å². The molecule has 0 amide bonds. The maximum absolute atomic E-state index is 9.68. The van der Waals surface area contributed by atoms with Gasteiger partial charge in [-0.1, -0.05) is 18.2 Å². The molecule has 0 saturated carbocycles. The van der Waals surface area contributed by atoms with E-state index in [4.69, 9.17) is 4.74 Å². The van der Waals surface area contributed by atoms with E-state index in [0.717, 1.165) is 24.2 Å². The van der Waals surface area contributed by atoms with Gasteiger partial charge in [-0.05, 0) is 37.0 Å². The Bertz CT molecular complexity index is 290. The fraction of sp³-hybridized carbons (Fsp3) is 0.385. The Morgan fingerprint density at radius 1 is 1.40 bits per heavy atom. The van der Waals surface area contributed by atoms with Crippen molar-refractivity contribution in [1.29, 1.82) is 0 Å². The first-order chi connectivity index (χ1) is 7.26. The van der Waals surface area contributed by atoms with Gasteiger partial charge in [0.05, 0.1) is 13.2 Å². The standard InChI is InChI=1S/C13H18O2/c1-3-4-5-12(14)10-11-6-8-13(15-2)9-7-11/h3,6-9,12,14H,1,4-5,10H2,2H3. The Kier molecular flexibility index (Phi) is 4.91. The smallest absolute Gasteiger partial charge is 0.118 e. The molecule has 0 aliphatic carbocycles. The van der Waals surface area contributed by atoms with E-state index >= 15 is 0 Å². The van der Waals surface area contributed by atoms with E-state index in [2.05, 4.69) is 6.58 Å². The zero-order valence-electron chi connectivity index (χ0n) is 9.15. The molecule has 0 saturated heterocycles. The third kappa shape index (κ3) is 4.17. The summed E-state index contributed by atoms with van der Waals surface area (Å²) in [5.41, 5.74) is 1.13. The molecule has 0 aliphatic heterocycles. The van der Waals surface area contributed by atoms with Crippen LogP contribution in [0.5, 0.6) is 5.75 Å². The molecule has 0 spiro atoms. The van der Waals surface area contributed by atoms with Gasteiger partial charge in [0.1, 0.15) is 5.75 Å². The van der Waals surface area contributed by atoms with Crippen LogP contribution in [0.25, 0.3) is 0 Å². The van der Waals surface area contributed by atoms with Crippen LogP contribution in [-0.4, -0.2) is 18.3 Å². The average Bonchev–Trinajstić information content (AvgIpc) is 2.27. The topological polar surface area (TPSA) is 29.5 Å². The summed E-state index contributed by atoms with van der Waals surface area (Å²) in [6, 6.07) is 7.79. The maximum atomic E-state index is 9.68. The Hall–Kier alpha value is -1.28. The van der Waals surface area contributed by atoms with E-state index in [0.29, 0.717) is 6.42 Å². The first-order valence-corrected chi connectivity index (χ1v) is 5.18. The van der Waals surface area contributed by atoms with Crippen LogP contribution < -0.4 is 4.74 Å². The van der Waals surface area contributed by atoms with Gasteiger partial charge in [-0.15, -0.1) is 6.58 Å². The van der Waals surface area contributed by atoms with Crippen LogP contribution in [0.15, 0.2) is 36.9 Å². The molecule has 1 atom stereocenters. The Morgan fingerprint density at radius 3 is 2.60 bits per heavy atom. The third-order valence-corrected chi connectivity index (χ3v) is 2.33. The lowest BCUT2D eigenvalue weighted by molar-refractivity contribution is 0.166. The summed E-state index contributed by atoms with van der Waals surface area (Å²) in [6.45, 7) is 3.63. The summed E-state index contributed by atoms with van der Waals surface area (Å²) in [5.74, 6) is 0.847. The summed E-state index contributed by atoms with van der Waals surface area (Å²) in [4.78, 5) is 0. The Balaban J connectivity index is 2.45. The van der Waals surface area contributed by atoms with Crippen LogP contribution in [0.1, 0.15) is 18.4 Å². The fourth-order valence-corrected chi connectivity index (χ4v) is 1.45. The molecule has 0 aliphatic rings. The molecule has 1 aromatic carbocycles. The van der Waals surface area contributed by atoms with Gasteiger partial charge in [0.15, 0.2) is 0 Å². The summed E-state index contributed by atoms with van der Waals surface area (Å²) in [5, 5.41) is 9.68. The number of hydrogen-bond donors (Lipinski definition) is 1. The zero-order valence-corrected chi connectivity index (χ0v) is 9.15. The number of allylic oxidation sites excluding steroid dienone is 1. The molecule has 0 fully saturated rings. The van der Waals surface area contributed by atoms with Crippen molar-refractivity contribution < 1.29 is 9.84 Å². The Labute approximate surface area is 91.2 Å². The normalized spacial score (nSPS) is 12.1. The monoisotopic (exact) mass is 206 g/mol. The van der Waals surface area contributed by atoms with E-state index in [-0.39, 0.29) is 6.10 Å².